The molecule has 0 spiro atoms. The van der Waals surface area contributed by atoms with E-state index >= 15 is 0 Å². The van der Waals surface area contributed by atoms with Crippen LogP contribution in [0.1, 0.15) is 43.2 Å². The van der Waals surface area contributed by atoms with Crippen LogP contribution in [0.2, 0.25) is 5.02 Å². The number of carbonyl (C=O) groups is 2. The second-order valence-electron chi connectivity index (χ2n) is 10.4. The Kier molecular flexibility index (Phi) is 10.4. The molecule has 0 heterocycles. The van der Waals surface area contributed by atoms with Crippen LogP contribution in [0.25, 0.3) is 0 Å². The summed E-state index contributed by atoms with van der Waals surface area (Å²) < 4.78 is 40.4. The summed E-state index contributed by atoms with van der Waals surface area (Å²) in [6.07, 6.45) is 6.12. The van der Waals surface area contributed by atoms with E-state index in [1.165, 1.54) is 23.1 Å². The molecule has 3 aromatic rings. The number of nitrogens with zero attached hydrogens (tertiary/aromatic N) is 2. The maximum atomic E-state index is 14.1. The number of carbonyl (C=O) groups excluding carboxylic acids is 2. The normalized spacial score (nSPS) is 14.7. The van der Waals surface area contributed by atoms with Crippen molar-refractivity contribution in [3.8, 4) is 0 Å². The summed E-state index contributed by atoms with van der Waals surface area (Å²) in [5.74, 6) is -1.32. The lowest BCUT2D eigenvalue weighted by Gasteiger charge is -2.35. The zero-order valence-corrected chi connectivity index (χ0v) is 24.6. The minimum absolute atomic E-state index is 0.00735. The second kappa shape index (κ2) is 14.0. The average molecular weight is 600 g/mol. The molecule has 3 aromatic carbocycles. The van der Waals surface area contributed by atoms with Crippen LogP contribution >= 0.6 is 11.6 Å². The molecule has 1 aliphatic rings. The lowest BCUT2D eigenvalue weighted by molar-refractivity contribution is -0.140. The molecule has 10 heteroatoms. The van der Waals surface area contributed by atoms with Crippen molar-refractivity contribution in [1.29, 1.82) is 0 Å². The van der Waals surface area contributed by atoms with Crippen molar-refractivity contribution >= 4 is 39.1 Å². The molecule has 0 saturated heterocycles. The van der Waals surface area contributed by atoms with Gasteiger partial charge in [-0.2, -0.15) is 0 Å². The van der Waals surface area contributed by atoms with Gasteiger partial charge in [-0.25, -0.2) is 12.8 Å². The van der Waals surface area contributed by atoms with Crippen LogP contribution in [-0.2, 0) is 32.6 Å². The van der Waals surface area contributed by atoms with Gasteiger partial charge in [-0.3, -0.25) is 13.9 Å². The van der Waals surface area contributed by atoms with E-state index < -0.39 is 34.3 Å². The van der Waals surface area contributed by atoms with Crippen molar-refractivity contribution in [2.45, 2.75) is 57.2 Å². The van der Waals surface area contributed by atoms with Crippen LogP contribution in [0.15, 0.2) is 78.9 Å². The first-order valence-electron chi connectivity index (χ1n) is 13.7. The molecule has 1 atom stereocenters. The van der Waals surface area contributed by atoms with E-state index in [1.807, 2.05) is 30.3 Å². The largest absolute Gasteiger partial charge is 0.352 e. The Morgan fingerprint density at radius 1 is 0.927 bits per heavy atom. The Morgan fingerprint density at radius 2 is 1.56 bits per heavy atom. The summed E-state index contributed by atoms with van der Waals surface area (Å²) in [6.45, 7) is -0.583. The highest BCUT2D eigenvalue weighted by Crippen LogP contribution is 2.28. The quantitative estimate of drug-likeness (QED) is 0.323. The number of hydrogen-bond donors (Lipinski definition) is 1. The number of benzene rings is 3. The van der Waals surface area contributed by atoms with Crippen LogP contribution in [0.3, 0.4) is 0 Å². The van der Waals surface area contributed by atoms with Gasteiger partial charge in [-0.05, 0) is 48.2 Å². The van der Waals surface area contributed by atoms with Gasteiger partial charge in [0.25, 0.3) is 0 Å². The summed E-state index contributed by atoms with van der Waals surface area (Å²) in [5.41, 5.74) is 1.62. The van der Waals surface area contributed by atoms with E-state index in [2.05, 4.69) is 5.32 Å². The lowest BCUT2D eigenvalue weighted by Crippen LogP contribution is -2.55. The van der Waals surface area contributed by atoms with Crippen molar-refractivity contribution in [2.24, 2.45) is 0 Å². The van der Waals surface area contributed by atoms with Gasteiger partial charge in [0, 0.05) is 19.0 Å². The van der Waals surface area contributed by atoms with Crippen molar-refractivity contribution in [3.05, 3.63) is 101 Å². The van der Waals surface area contributed by atoms with Crippen LogP contribution in [0.4, 0.5) is 10.1 Å². The Bertz CT molecular complexity index is 1430. The molecule has 2 amide bonds. The van der Waals surface area contributed by atoms with Gasteiger partial charge in [0.1, 0.15) is 18.4 Å². The molecule has 218 valence electrons. The second-order valence-corrected chi connectivity index (χ2v) is 12.7. The van der Waals surface area contributed by atoms with Gasteiger partial charge in [-0.15, -0.1) is 0 Å². The molecule has 0 aliphatic heterocycles. The van der Waals surface area contributed by atoms with Gasteiger partial charge in [0.2, 0.25) is 21.8 Å². The van der Waals surface area contributed by atoms with Crippen molar-refractivity contribution < 1.29 is 22.4 Å². The fourth-order valence-corrected chi connectivity index (χ4v) is 6.28. The number of hydrogen-bond acceptors (Lipinski definition) is 4. The maximum Gasteiger partial charge on any atom is 0.244 e. The van der Waals surface area contributed by atoms with Gasteiger partial charge in [-0.1, -0.05) is 85.5 Å². The molecule has 1 fully saturated rings. The van der Waals surface area contributed by atoms with E-state index in [1.54, 1.807) is 30.3 Å². The summed E-state index contributed by atoms with van der Waals surface area (Å²) in [4.78, 5) is 29.4. The molecule has 0 bridgehead atoms. The predicted molar refractivity (Wildman–Crippen MR) is 160 cm³/mol. The number of sulfonamides is 1. The number of nitrogens with one attached hydrogen (secondary N) is 1. The van der Waals surface area contributed by atoms with Crippen molar-refractivity contribution in [2.75, 3.05) is 17.1 Å². The minimum atomic E-state index is -3.92. The Morgan fingerprint density at radius 3 is 2.20 bits per heavy atom. The summed E-state index contributed by atoms with van der Waals surface area (Å²) in [6, 6.07) is 20.5. The summed E-state index contributed by atoms with van der Waals surface area (Å²) in [7, 11) is -3.92. The fourth-order valence-electron chi connectivity index (χ4n) is 5.13. The number of para-hydroxylation sites is 1. The molecule has 1 unspecified atom stereocenters. The molecule has 0 radical (unpaired) electrons. The van der Waals surface area contributed by atoms with E-state index in [9.17, 15) is 22.4 Å². The molecule has 0 aromatic heterocycles. The highest BCUT2D eigenvalue weighted by molar-refractivity contribution is 7.92. The van der Waals surface area contributed by atoms with Crippen molar-refractivity contribution in [1.82, 2.24) is 10.2 Å². The van der Waals surface area contributed by atoms with Crippen LogP contribution in [0, 0.1) is 5.82 Å². The SMILES string of the molecule is CS(=O)(=O)N(CC(=O)N(Cc1ccc(F)cc1)C(Cc1ccccc1)C(=O)NC1CCCCC1)c1ccccc1Cl. The highest BCUT2D eigenvalue weighted by atomic mass is 35.5. The van der Waals surface area contributed by atoms with E-state index in [0.29, 0.717) is 5.56 Å². The molecular formula is C31H35ClFN3O4S. The molecule has 1 aliphatic carbocycles. The number of anilines is 1. The Hall–Kier alpha value is -3.43. The third kappa shape index (κ3) is 8.53. The highest BCUT2D eigenvalue weighted by Gasteiger charge is 2.34. The molecule has 1 saturated carbocycles. The zero-order chi connectivity index (χ0) is 29.4. The van der Waals surface area contributed by atoms with Gasteiger partial charge in [0.05, 0.1) is 17.0 Å². The summed E-state index contributed by atoms with van der Waals surface area (Å²) >= 11 is 6.33. The number of rotatable bonds is 11. The number of halogens is 2. The van der Waals surface area contributed by atoms with Gasteiger partial charge >= 0.3 is 0 Å². The standard InChI is InChI=1S/C31H35ClFN3O4S/c1-41(39,40)36(28-15-9-8-14-27(28)32)22-30(37)35(21-24-16-18-25(33)19-17-24)29(20-23-10-4-2-5-11-23)31(38)34-26-12-6-3-7-13-26/h2,4-5,8-11,14-19,26,29H,3,6-7,12-13,20-22H2,1H3,(H,34,38). The summed E-state index contributed by atoms with van der Waals surface area (Å²) in [5, 5.41) is 3.32. The first-order chi connectivity index (χ1) is 19.6. The Labute approximate surface area is 246 Å². The van der Waals surface area contributed by atoms with Crippen LogP contribution in [-0.4, -0.2) is 50.0 Å². The third-order valence-electron chi connectivity index (χ3n) is 7.29. The minimum Gasteiger partial charge on any atom is -0.352 e. The molecule has 1 N–H and O–H groups in total. The lowest BCUT2D eigenvalue weighted by atomic mass is 9.94. The topological polar surface area (TPSA) is 86.8 Å². The Balaban J connectivity index is 1.72. The third-order valence-corrected chi connectivity index (χ3v) is 8.74. The van der Waals surface area contributed by atoms with Crippen LogP contribution < -0.4 is 9.62 Å². The van der Waals surface area contributed by atoms with Crippen molar-refractivity contribution in [3.63, 3.8) is 0 Å². The molecule has 41 heavy (non-hydrogen) atoms. The smallest absolute Gasteiger partial charge is 0.244 e. The number of amides is 2. The predicted octanol–water partition coefficient (Wildman–Crippen LogP) is 5.33. The average Bonchev–Trinajstić information content (AvgIpc) is 2.95. The molecule has 4 rings (SSSR count). The van der Waals surface area contributed by atoms with E-state index in [0.717, 1.165) is 48.2 Å². The zero-order valence-electron chi connectivity index (χ0n) is 23.0. The van der Waals surface area contributed by atoms with E-state index in [-0.39, 0.29) is 35.6 Å². The first-order valence-corrected chi connectivity index (χ1v) is 15.9. The first kappa shape index (κ1) is 30.5. The van der Waals surface area contributed by atoms with Crippen LogP contribution in [0.5, 0.6) is 0 Å². The van der Waals surface area contributed by atoms with Gasteiger partial charge < -0.3 is 10.2 Å². The monoisotopic (exact) mass is 599 g/mol. The molecular weight excluding hydrogens is 565 g/mol. The van der Waals surface area contributed by atoms with E-state index in [4.69, 9.17) is 11.6 Å². The molecule has 7 nitrogen and oxygen atoms in total. The fraction of sp³-hybridized carbons (Fsp3) is 0.355. The van der Waals surface area contributed by atoms with Gasteiger partial charge in [0.15, 0.2) is 0 Å². The maximum absolute atomic E-state index is 14.1.